The van der Waals surface area contributed by atoms with Gasteiger partial charge in [-0.05, 0) is 37.1 Å². The Bertz CT molecular complexity index is 671. The zero-order chi connectivity index (χ0) is 14.2. The van der Waals surface area contributed by atoms with E-state index in [9.17, 15) is 8.42 Å². The summed E-state index contributed by atoms with van der Waals surface area (Å²) < 4.78 is 37.2. The van der Waals surface area contributed by atoms with Gasteiger partial charge in [0.25, 0.3) is 10.0 Å². The predicted octanol–water partition coefficient (Wildman–Crippen LogP) is 1.68. The van der Waals surface area contributed by atoms with Crippen molar-refractivity contribution in [3.63, 3.8) is 0 Å². The molecule has 2 aromatic heterocycles. The van der Waals surface area contributed by atoms with Gasteiger partial charge in [0, 0.05) is 6.04 Å². The third-order valence-corrected chi connectivity index (χ3v) is 5.02. The molecule has 7 heteroatoms. The van der Waals surface area contributed by atoms with Crippen molar-refractivity contribution >= 4 is 10.0 Å². The SMILES string of the molecule is NCc1ccc(S(=O)(=O)N(Cc2ccco2)C2CC2)o1. The van der Waals surface area contributed by atoms with E-state index in [1.54, 1.807) is 18.2 Å². The van der Waals surface area contributed by atoms with Crippen LogP contribution in [0.2, 0.25) is 0 Å². The van der Waals surface area contributed by atoms with Crippen molar-refractivity contribution in [1.82, 2.24) is 4.31 Å². The van der Waals surface area contributed by atoms with Crippen molar-refractivity contribution in [2.75, 3.05) is 0 Å². The normalized spacial score (nSPS) is 15.9. The molecule has 0 radical (unpaired) electrons. The molecule has 20 heavy (non-hydrogen) atoms. The Kier molecular flexibility index (Phi) is 3.41. The van der Waals surface area contributed by atoms with E-state index in [-0.39, 0.29) is 24.2 Å². The van der Waals surface area contributed by atoms with Crippen LogP contribution >= 0.6 is 0 Å². The second-order valence-corrected chi connectivity index (χ2v) is 6.61. The molecule has 2 heterocycles. The first-order valence-electron chi connectivity index (χ1n) is 6.44. The fraction of sp³-hybridized carbons (Fsp3) is 0.385. The zero-order valence-corrected chi connectivity index (χ0v) is 11.7. The molecule has 0 saturated heterocycles. The highest BCUT2D eigenvalue weighted by Crippen LogP contribution is 2.34. The Morgan fingerprint density at radius 1 is 1.25 bits per heavy atom. The van der Waals surface area contributed by atoms with Crippen LogP contribution in [0.15, 0.2) is 44.5 Å². The smallest absolute Gasteiger partial charge is 0.277 e. The monoisotopic (exact) mass is 296 g/mol. The van der Waals surface area contributed by atoms with Crippen LogP contribution in [0.3, 0.4) is 0 Å². The Balaban J connectivity index is 1.89. The number of nitrogens with two attached hydrogens (primary N) is 1. The Morgan fingerprint density at radius 3 is 2.60 bits per heavy atom. The van der Waals surface area contributed by atoms with Crippen LogP contribution in [0.1, 0.15) is 24.4 Å². The molecule has 1 aliphatic rings. The van der Waals surface area contributed by atoms with E-state index in [1.165, 1.54) is 16.6 Å². The van der Waals surface area contributed by atoms with Crippen molar-refractivity contribution in [1.29, 1.82) is 0 Å². The molecule has 0 aromatic carbocycles. The molecule has 108 valence electrons. The summed E-state index contributed by atoms with van der Waals surface area (Å²) in [6.07, 6.45) is 3.27. The van der Waals surface area contributed by atoms with Crippen LogP contribution < -0.4 is 5.73 Å². The van der Waals surface area contributed by atoms with Crippen molar-refractivity contribution in [2.24, 2.45) is 5.73 Å². The molecule has 1 fully saturated rings. The molecule has 1 saturated carbocycles. The summed E-state index contributed by atoms with van der Waals surface area (Å²) in [5.74, 6) is 1.07. The van der Waals surface area contributed by atoms with Crippen molar-refractivity contribution in [3.8, 4) is 0 Å². The quantitative estimate of drug-likeness (QED) is 0.876. The molecule has 6 nitrogen and oxygen atoms in total. The number of furan rings is 2. The average molecular weight is 296 g/mol. The standard InChI is InChI=1S/C13H16N2O4S/c14-8-11-5-6-13(19-11)20(16,17)15(10-3-4-10)9-12-2-1-7-18-12/h1-2,5-7,10H,3-4,8-9,14H2. The average Bonchev–Trinajstić information content (AvgIpc) is 2.96. The van der Waals surface area contributed by atoms with Gasteiger partial charge in [-0.1, -0.05) is 0 Å². The van der Waals surface area contributed by atoms with Crippen molar-refractivity contribution in [3.05, 3.63) is 42.0 Å². The molecule has 3 rings (SSSR count). The van der Waals surface area contributed by atoms with Gasteiger partial charge in [0.2, 0.25) is 5.09 Å². The molecule has 0 bridgehead atoms. The van der Waals surface area contributed by atoms with E-state index in [1.807, 2.05) is 0 Å². The van der Waals surface area contributed by atoms with Gasteiger partial charge in [0.1, 0.15) is 11.5 Å². The molecule has 0 amide bonds. The maximum Gasteiger partial charge on any atom is 0.277 e. The van der Waals surface area contributed by atoms with E-state index in [0.717, 1.165) is 12.8 Å². The maximum atomic E-state index is 12.6. The Hall–Kier alpha value is -1.57. The molecule has 1 aliphatic carbocycles. The zero-order valence-electron chi connectivity index (χ0n) is 10.9. The van der Waals surface area contributed by atoms with Gasteiger partial charge in [0.05, 0.1) is 19.4 Å². The van der Waals surface area contributed by atoms with Gasteiger partial charge in [-0.2, -0.15) is 4.31 Å². The second kappa shape index (κ2) is 5.08. The lowest BCUT2D eigenvalue weighted by Gasteiger charge is -2.19. The number of sulfonamides is 1. The van der Waals surface area contributed by atoms with Crippen LogP contribution in [0.4, 0.5) is 0 Å². The van der Waals surface area contributed by atoms with Gasteiger partial charge in [0.15, 0.2) is 0 Å². The minimum absolute atomic E-state index is 0.0246. The number of nitrogens with zero attached hydrogens (tertiary/aromatic N) is 1. The minimum atomic E-state index is -3.65. The lowest BCUT2D eigenvalue weighted by molar-refractivity contribution is 0.336. The number of rotatable bonds is 6. The van der Waals surface area contributed by atoms with Crippen molar-refractivity contribution in [2.45, 2.75) is 37.1 Å². The Morgan fingerprint density at radius 2 is 2.05 bits per heavy atom. The van der Waals surface area contributed by atoms with Gasteiger partial charge >= 0.3 is 0 Å². The highest BCUT2D eigenvalue weighted by Gasteiger charge is 2.40. The first kappa shape index (κ1) is 13.4. The van der Waals surface area contributed by atoms with Gasteiger partial charge in [-0.15, -0.1) is 0 Å². The van der Waals surface area contributed by atoms with E-state index in [4.69, 9.17) is 14.6 Å². The summed E-state index contributed by atoms with van der Waals surface area (Å²) in [5, 5.41) is -0.0589. The van der Waals surface area contributed by atoms with Gasteiger partial charge < -0.3 is 14.6 Å². The first-order valence-corrected chi connectivity index (χ1v) is 7.88. The summed E-state index contributed by atoms with van der Waals surface area (Å²) in [7, 11) is -3.65. The highest BCUT2D eigenvalue weighted by molar-refractivity contribution is 7.89. The molecular weight excluding hydrogens is 280 g/mol. The van der Waals surface area contributed by atoms with Gasteiger partial charge in [-0.25, -0.2) is 8.42 Å². The van der Waals surface area contributed by atoms with E-state index in [2.05, 4.69) is 0 Å². The van der Waals surface area contributed by atoms with Crippen LogP contribution in [-0.4, -0.2) is 18.8 Å². The van der Waals surface area contributed by atoms with E-state index >= 15 is 0 Å². The maximum absolute atomic E-state index is 12.6. The third-order valence-electron chi connectivity index (χ3n) is 3.25. The van der Waals surface area contributed by atoms with Crippen LogP contribution in [0, 0.1) is 0 Å². The number of hydrogen-bond donors (Lipinski definition) is 1. The lowest BCUT2D eigenvalue weighted by atomic mass is 10.4. The molecule has 0 unspecified atom stereocenters. The minimum Gasteiger partial charge on any atom is -0.468 e. The Labute approximate surface area is 117 Å². The molecule has 0 aliphatic heterocycles. The first-order chi connectivity index (χ1) is 9.61. The van der Waals surface area contributed by atoms with E-state index < -0.39 is 10.0 Å². The van der Waals surface area contributed by atoms with Crippen LogP contribution in [0.25, 0.3) is 0 Å². The van der Waals surface area contributed by atoms with Crippen LogP contribution in [-0.2, 0) is 23.1 Å². The number of hydrogen-bond acceptors (Lipinski definition) is 5. The topological polar surface area (TPSA) is 89.7 Å². The molecular formula is C13H16N2O4S. The van der Waals surface area contributed by atoms with Crippen molar-refractivity contribution < 1.29 is 17.3 Å². The summed E-state index contributed by atoms with van der Waals surface area (Å²) in [6.45, 7) is 0.399. The van der Waals surface area contributed by atoms with Crippen LogP contribution in [0.5, 0.6) is 0 Å². The molecule has 0 spiro atoms. The summed E-state index contributed by atoms with van der Waals surface area (Å²) in [6, 6.07) is 6.57. The summed E-state index contributed by atoms with van der Waals surface area (Å²) >= 11 is 0. The molecule has 0 atom stereocenters. The lowest BCUT2D eigenvalue weighted by Crippen LogP contribution is -2.32. The second-order valence-electron chi connectivity index (χ2n) is 4.79. The molecule has 2 N–H and O–H groups in total. The molecule has 2 aromatic rings. The fourth-order valence-electron chi connectivity index (χ4n) is 2.05. The summed E-state index contributed by atoms with van der Waals surface area (Å²) in [4.78, 5) is 0. The highest BCUT2D eigenvalue weighted by atomic mass is 32.2. The van der Waals surface area contributed by atoms with Gasteiger partial charge in [-0.3, -0.25) is 0 Å². The largest absolute Gasteiger partial charge is 0.468 e. The third kappa shape index (κ3) is 2.52. The van der Waals surface area contributed by atoms with E-state index in [0.29, 0.717) is 11.5 Å². The fourth-order valence-corrected chi connectivity index (χ4v) is 3.64. The summed E-state index contributed by atoms with van der Waals surface area (Å²) in [5.41, 5.74) is 5.45. The predicted molar refractivity (Wildman–Crippen MR) is 71.1 cm³/mol.